The van der Waals surface area contributed by atoms with Crippen LogP contribution in [0.3, 0.4) is 0 Å². The van der Waals surface area contributed by atoms with E-state index >= 15 is 0 Å². The van der Waals surface area contributed by atoms with E-state index in [0.29, 0.717) is 39.7 Å². The molecule has 2 aromatic carbocycles. The maximum atomic E-state index is 15.0. The van der Waals surface area contributed by atoms with E-state index in [0.717, 1.165) is 0 Å². The lowest BCUT2D eigenvalue weighted by Gasteiger charge is -2.16. The van der Waals surface area contributed by atoms with Crippen LogP contribution in [0.1, 0.15) is 0 Å². The predicted octanol–water partition coefficient (Wildman–Crippen LogP) is 4.06. The molecule has 2 saturated heterocycles. The number of aromatic amines is 1. The van der Waals surface area contributed by atoms with Crippen molar-refractivity contribution in [1.82, 2.24) is 9.97 Å². The number of halogens is 1. The van der Waals surface area contributed by atoms with Gasteiger partial charge in [-0.2, -0.15) is 4.36 Å². The summed E-state index contributed by atoms with van der Waals surface area (Å²) in [5.41, 5.74) is 2.32. The monoisotopic (exact) mass is 509 g/mol. The molecule has 0 bridgehead atoms. The fourth-order valence-corrected chi connectivity index (χ4v) is 5.88. The van der Waals surface area contributed by atoms with Gasteiger partial charge in [-0.3, -0.25) is 0 Å². The van der Waals surface area contributed by atoms with Crippen molar-refractivity contribution < 1.29 is 27.9 Å². The third kappa shape index (κ3) is 4.26. The molecule has 5 atom stereocenters. The maximum absolute atomic E-state index is 15.0. The number of hydrogen-bond acceptors (Lipinski definition) is 7. The highest BCUT2D eigenvalue weighted by Crippen LogP contribution is 2.32. The van der Waals surface area contributed by atoms with Gasteiger partial charge in [0.1, 0.15) is 24.0 Å². The number of nitrogens with zero attached hydrogens (tertiary/aromatic N) is 2. The molecule has 0 aliphatic carbocycles. The van der Waals surface area contributed by atoms with Gasteiger partial charge in [-0.1, -0.05) is 30.3 Å². The minimum Gasteiger partial charge on any atom is -0.470 e. The van der Waals surface area contributed by atoms with Crippen LogP contribution in [0.2, 0.25) is 0 Å². The second kappa shape index (κ2) is 8.97. The van der Waals surface area contributed by atoms with Crippen LogP contribution >= 0.6 is 0 Å². The number of nitrogens with one attached hydrogen (secondary N) is 1. The van der Waals surface area contributed by atoms with Gasteiger partial charge >= 0.3 is 0 Å². The summed E-state index contributed by atoms with van der Waals surface area (Å²) >= 11 is 0. The van der Waals surface area contributed by atoms with Gasteiger partial charge in [0, 0.05) is 28.8 Å². The Hall–Kier alpha value is -3.31. The molecule has 2 fully saturated rings. The van der Waals surface area contributed by atoms with E-state index in [1.807, 2.05) is 18.2 Å². The van der Waals surface area contributed by atoms with E-state index < -0.39 is 27.8 Å². The van der Waals surface area contributed by atoms with Gasteiger partial charge in [0.15, 0.2) is 17.8 Å². The van der Waals surface area contributed by atoms with Crippen molar-refractivity contribution in [2.45, 2.75) is 29.3 Å². The number of benzene rings is 2. The lowest BCUT2D eigenvalue weighted by molar-refractivity contribution is 0.00794. The number of H-pyrrole nitrogens is 1. The first kappa shape index (κ1) is 23.1. The van der Waals surface area contributed by atoms with Crippen LogP contribution in [0.4, 0.5) is 10.1 Å². The SMILES string of the molecule is C[S@](=O)(=Nc1ccc(-c2nc3cc(O[C@@H]4CO[C@H]5[C@@H]4OC[C@H]5O)[nH]c3cc2F)cc1)c1ccccc1. The molecule has 10 heteroatoms. The first-order chi connectivity index (χ1) is 17.4. The highest BCUT2D eigenvalue weighted by atomic mass is 32.2. The molecule has 2 aromatic heterocycles. The molecule has 0 saturated carbocycles. The van der Waals surface area contributed by atoms with Crippen LogP contribution in [0, 0.1) is 5.82 Å². The first-order valence-corrected chi connectivity index (χ1v) is 13.4. The Kier molecular flexibility index (Phi) is 5.76. The van der Waals surface area contributed by atoms with Crippen LogP contribution < -0.4 is 4.74 Å². The average Bonchev–Trinajstić information content (AvgIpc) is 3.56. The summed E-state index contributed by atoms with van der Waals surface area (Å²) < 4.78 is 49.6. The molecular weight excluding hydrogens is 485 g/mol. The van der Waals surface area contributed by atoms with Gasteiger partial charge in [-0.15, -0.1) is 0 Å². The maximum Gasteiger partial charge on any atom is 0.193 e. The normalized spacial score (nSPS) is 25.0. The van der Waals surface area contributed by atoms with Gasteiger partial charge in [0.05, 0.1) is 39.7 Å². The van der Waals surface area contributed by atoms with E-state index in [9.17, 15) is 13.7 Å². The largest absolute Gasteiger partial charge is 0.470 e. The van der Waals surface area contributed by atoms with Gasteiger partial charge in [-0.25, -0.2) is 13.6 Å². The second-order valence-electron chi connectivity index (χ2n) is 8.96. The molecule has 2 aliphatic rings. The van der Waals surface area contributed by atoms with Crippen molar-refractivity contribution in [2.24, 2.45) is 4.36 Å². The standard InChI is InChI=1S/C26H24FN3O5S/c1-36(32,17-5-3-2-4-6-17)30-16-9-7-15(8-10-16)24-18(27)11-19-20(29-24)12-23(28-19)35-22-14-34-25-21(31)13-33-26(22)25/h2-12,21-22,25-26,28,31H,13-14H2,1H3/t21-,22-,25-,26-,36-/m1/s1. The van der Waals surface area contributed by atoms with Crippen LogP contribution in [-0.4, -0.2) is 63.2 Å². The zero-order valence-electron chi connectivity index (χ0n) is 19.3. The Morgan fingerprint density at radius 2 is 1.83 bits per heavy atom. The fraction of sp³-hybridized carbons (Fsp3) is 0.269. The smallest absolute Gasteiger partial charge is 0.193 e. The second-order valence-corrected chi connectivity index (χ2v) is 11.2. The van der Waals surface area contributed by atoms with Gasteiger partial charge in [-0.05, 0) is 24.3 Å². The van der Waals surface area contributed by atoms with Gasteiger partial charge in [0.2, 0.25) is 0 Å². The van der Waals surface area contributed by atoms with E-state index in [-0.39, 0.29) is 24.5 Å². The van der Waals surface area contributed by atoms with Crippen molar-refractivity contribution >= 4 is 26.4 Å². The number of hydrogen-bond donors (Lipinski definition) is 2. The molecule has 0 unspecified atom stereocenters. The summed E-state index contributed by atoms with van der Waals surface area (Å²) in [5, 5.41) is 9.91. The van der Waals surface area contributed by atoms with E-state index in [2.05, 4.69) is 14.3 Å². The Bertz CT molecular complexity index is 1530. The Balaban J connectivity index is 1.24. The van der Waals surface area contributed by atoms with Crippen molar-refractivity contribution in [3.8, 4) is 17.1 Å². The number of fused-ring (bicyclic) bond motifs is 2. The predicted molar refractivity (Wildman–Crippen MR) is 132 cm³/mol. The van der Waals surface area contributed by atoms with Crippen LogP contribution in [0.5, 0.6) is 5.88 Å². The third-order valence-electron chi connectivity index (χ3n) is 6.39. The van der Waals surface area contributed by atoms with Crippen LogP contribution in [0.15, 0.2) is 76.0 Å². The number of ether oxygens (including phenoxy) is 3. The highest BCUT2D eigenvalue weighted by Gasteiger charge is 2.48. The molecule has 2 N–H and O–H groups in total. The van der Waals surface area contributed by atoms with Crippen molar-refractivity contribution in [1.29, 1.82) is 0 Å². The molecule has 8 nitrogen and oxygen atoms in total. The molecule has 0 radical (unpaired) electrons. The number of aliphatic hydroxyl groups excluding tert-OH is 1. The van der Waals surface area contributed by atoms with Crippen molar-refractivity contribution in [3.05, 3.63) is 72.5 Å². The molecule has 186 valence electrons. The van der Waals surface area contributed by atoms with Crippen LogP contribution in [0.25, 0.3) is 22.3 Å². The first-order valence-electron chi connectivity index (χ1n) is 11.5. The van der Waals surface area contributed by atoms with Crippen molar-refractivity contribution in [2.75, 3.05) is 19.5 Å². The number of rotatable bonds is 5. The van der Waals surface area contributed by atoms with E-state index in [1.54, 1.807) is 48.7 Å². The molecule has 36 heavy (non-hydrogen) atoms. The van der Waals surface area contributed by atoms with Gasteiger partial charge < -0.3 is 24.3 Å². The molecule has 6 rings (SSSR count). The summed E-state index contributed by atoms with van der Waals surface area (Å²) in [6.07, 6.45) is -0.202. The van der Waals surface area contributed by atoms with E-state index in [1.165, 1.54) is 6.07 Å². The zero-order valence-corrected chi connectivity index (χ0v) is 20.2. The lowest BCUT2D eigenvalue weighted by Crippen LogP contribution is -2.34. The number of pyridine rings is 1. The molecule has 0 amide bonds. The third-order valence-corrected chi connectivity index (χ3v) is 8.10. The molecule has 2 aliphatic heterocycles. The van der Waals surface area contributed by atoms with Crippen LogP contribution in [-0.2, 0) is 19.2 Å². The van der Waals surface area contributed by atoms with E-state index in [4.69, 9.17) is 14.2 Å². The topological polar surface area (TPSA) is 106 Å². The fourth-order valence-electron chi connectivity index (χ4n) is 4.59. The zero-order chi connectivity index (χ0) is 24.9. The summed E-state index contributed by atoms with van der Waals surface area (Å²) in [4.78, 5) is 8.18. The molecule has 4 heterocycles. The summed E-state index contributed by atoms with van der Waals surface area (Å²) in [5.74, 6) is -0.0725. The Morgan fingerprint density at radius 3 is 2.61 bits per heavy atom. The Morgan fingerprint density at radius 1 is 1.08 bits per heavy atom. The molecule has 0 spiro atoms. The summed E-state index contributed by atoms with van der Waals surface area (Å²) in [6, 6.07) is 19.0. The van der Waals surface area contributed by atoms with Crippen molar-refractivity contribution in [3.63, 3.8) is 0 Å². The highest BCUT2D eigenvalue weighted by molar-refractivity contribution is 7.93. The molecule has 4 aromatic rings. The minimum absolute atomic E-state index is 0.186. The lowest BCUT2D eigenvalue weighted by atomic mass is 10.1. The van der Waals surface area contributed by atoms with Gasteiger partial charge in [0.25, 0.3) is 0 Å². The molecular formula is C26H24FN3O5S. The average molecular weight is 510 g/mol. The summed E-state index contributed by atoms with van der Waals surface area (Å²) in [7, 11) is -2.61. The number of aromatic nitrogens is 2. The summed E-state index contributed by atoms with van der Waals surface area (Å²) in [6.45, 7) is 0.506. The number of aliphatic hydroxyl groups is 1. The minimum atomic E-state index is -2.61. The quantitative estimate of drug-likeness (QED) is 0.420. The Labute approximate surface area is 207 Å².